The number of rotatable bonds is 14. The summed E-state index contributed by atoms with van der Waals surface area (Å²) in [7, 11) is 1.54. The Kier molecular flexibility index (Phi) is 12.2. The summed E-state index contributed by atoms with van der Waals surface area (Å²) in [6, 6.07) is 6.32. The molecule has 0 fully saturated rings. The molecule has 0 bridgehead atoms. The number of unbranched alkanes of at least 4 members (excludes halogenated alkanes) is 7. The van der Waals surface area contributed by atoms with Crippen molar-refractivity contribution in [3.63, 3.8) is 0 Å². The zero-order valence-electron chi connectivity index (χ0n) is 16.1. The topological polar surface area (TPSA) is 61.8 Å². The number of benzene rings is 1. The van der Waals surface area contributed by atoms with Gasteiger partial charge in [-0.25, -0.2) is 9.59 Å². The van der Waals surface area contributed by atoms with Gasteiger partial charge in [-0.2, -0.15) is 0 Å². The van der Waals surface area contributed by atoms with E-state index in [0.717, 1.165) is 12.8 Å². The van der Waals surface area contributed by atoms with Gasteiger partial charge in [0, 0.05) is 7.11 Å². The fourth-order valence-corrected chi connectivity index (χ4v) is 2.53. The summed E-state index contributed by atoms with van der Waals surface area (Å²) in [5, 5.41) is 0. The van der Waals surface area contributed by atoms with Crippen LogP contribution in [0.2, 0.25) is 0 Å². The zero-order valence-corrected chi connectivity index (χ0v) is 16.1. The lowest BCUT2D eigenvalue weighted by Gasteiger charge is -2.07. The molecule has 1 rings (SSSR count). The number of methoxy groups -OCH3 is 1. The summed E-state index contributed by atoms with van der Waals surface area (Å²) in [6.07, 6.45) is 9.65. The number of ether oxygens (including phenoxy) is 3. The number of esters is 2. The third kappa shape index (κ3) is 9.56. The Labute approximate surface area is 157 Å². The van der Waals surface area contributed by atoms with Gasteiger partial charge in [0.15, 0.2) is 0 Å². The van der Waals surface area contributed by atoms with E-state index >= 15 is 0 Å². The van der Waals surface area contributed by atoms with Gasteiger partial charge in [-0.1, -0.05) is 51.9 Å². The van der Waals surface area contributed by atoms with Crippen molar-refractivity contribution in [1.29, 1.82) is 0 Å². The van der Waals surface area contributed by atoms with E-state index in [-0.39, 0.29) is 12.6 Å². The molecule has 0 saturated heterocycles. The van der Waals surface area contributed by atoms with E-state index in [1.165, 1.54) is 38.5 Å². The molecule has 0 spiro atoms. The number of carbonyl (C=O) groups is 2. The molecule has 0 atom stereocenters. The minimum absolute atomic E-state index is 0.206. The first-order valence-corrected chi connectivity index (χ1v) is 9.62. The maximum Gasteiger partial charge on any atom is 0.338 e. The second kappa shape index (κ2) is 14.3. The molecule has 5 heteroatoms. The van der Waals surface area contributed by atoms with E-state index in [1.807, 2.05) is 0 Å². The molecule has 0 aromatic heterocycles. The standard InChI is InChI=1S/C21H32O5/c1-3-4-5-6-7-8-9-10-15-25-20(22)18-11-13-19(14-12-18)21(23)26-17-16-24-2/h11-14H,3-10,15-17H2,1-2H3. The van der Waals surface area contributed by atoms with Crippen molar-refractivity contribution in [3.05, 3.63) is 35.4 Å². The Morgan fingerprint density at radius 3 is 1.65 bits per heavy atom. The summed E-state index contributed by atoms with van der Waals surface area (Å²) in [5.74, 6) is -0.784. The molecular formula is C21H32O5. The lowest BCUT2D eigenvalue weighted by atomic mass is 10.1. The maximum atomic E-state index is 12.0. The van der Waals surface area contributed by atoms with Gasteiger partial charge in [-0.05, 0) is 30.7 Å². The molecule has 0 aliphatic rings. The summed E-state index contributed by atoms with van der Waals surface area (Å²) in [6.45, 7) is 3.22. The highest BCUT2D eigenvalue weighted by Crippen LogP contribution is 2.10. The average molecular weight is 364 g/mol. The average Bonchev–Trinajstić information content (AvgIpc) is 2.66. The van der Waals surface area contributed by atoms with Gasteiger partial charge < -0.3 is 14.2 Å². The molecule has 26 heavy (non-hydrogen) atoms. The first-order valence-electron chi connectivity index (χ1n) is 9.62. The van der Waals surface area contributed by atoms with Gasteiger partial charge >= 0.3 is 11.9 Å². The number of carbonyl (C=O) groups excluding carboxylic acids is 2. The quantitative estimate of drug-likeness (QED) is 0.351. The van der Waals surface area contributed by atoms with Crippen molar-refractivity contribution in [3.8, 4) is 0 Å². The van der Waals surface area contributed by atoms with Crippen molar-refractivity contribution in [1.82, 2.24) is 0 Å². The SMILES string of the molecule is CCCCCCCCCCOC(=O)c1ccc(C(=O)OCCOC)cc1. The van der Waals surface area contributed by atoms with Gasteiger partial charge in [0.05, 0.1) is 24.3 Å². The molecule has 1 aromatic carbocycles. The Balaban J connectivity index is 2.19. The Hall–Kier alpha value is -1.88. The van der Waals surface area contributed by atoms with Crippen LogP contribution in [0.5, 0.6) is 0 Å². The smallest absolute Gasteiger partial charge is 0.338 e. The van der Waals surface area contributed by atoms with Crippen LogP contribution in [0.25, 0.3) is 0 Å². The minimum Gasteiger partial charge on any atom is -0.462 e. The second-order valence-electron chi connectivity index (χ2n) is 6.32. The zero-order chi connectivity index (χ0) is 19.0. The van der Waals surface area contributed by atoms with E-state index in [1.54, 1.807) is 31.4 Å². The van der Waals surface area contributed by atoms with Crippen LogP contribution < -0.4 is 0 Å². The van der Waals surface area contributed by atoms with Crippen molar-refractivity contribution in [2.75, 3.05) is 26.9 Å². The molecule has 0 unspecified atom stereocenters. The van der Waals surface area contributed by atoms with Crippen LogP contribution in [-0.4, -0.2) is 38.9 Å². The predicted octanol–water partition coefficient (Wildman–Crippen LogP) is 4.79. The highest BCUT2D eigenvalue weighted by Gasteiger charge is 2.10. The fraction of sp³-hybridized carbons (Fsp3) is 0.619. The van der Waals surface area contributed by atoms with Gasteiger partial charge in [0.25, 0.3) is 0 Å². The van der Waals surface area contributed by atoms with E-state index < -0.39 is 5.97 Å². The van der Waals surface area contributed by atoms with Crippen LogP contribution in [0.15, 0.2) is 24.3 Å². The monoisotopic (exact) mass is 364 g/mol. The van der Waals surface area contributed by atoms with Crippen LogP contribution in [0.1, 0.15) is 79.0 Å². The maximum absolute atomic E-state index is 12.0. The van der Waals surface area contributed by atoms with Crippen LogP contribution in [0.4, 0.5) is 0 Å². The molecule has 0 heterocycles. The molecule has 146 valence electrons. The Morgan fingerprint density at radius 2 is 1.15 bits per heavy atom. The molecule has 5 nitrogen and oxygen atoms in total. The second-order valence-corrected chi connectivity index (χ2v) is 6.32. The largest absolute Gasteiger partial charge is 0.462 e. The lowest BCUT2D eigenvalue weighted by Crippen LogP contribution is -2.11. The van der Waals surface area contributed by atoms with Crippen molar-refractivity contribution in [2.24, 2.45) is 0 Å². The third-order valence-electron chi connectivity index (χ3n) is 4.11. The van der Waals surface area contributed by atoms with Gasteiger partial charge in [0.1, 0.15) is 6.61 Å². The highest BCUT2D eigenvalue weighted by molar-refractivity contribution is 5.93. The van der Waals surface area contributed by atoms with Crippen molar-refractivity contribution < 1.29 is 23.8 Å². The molecule has 0 radical (unpaired) electrons. The Morgan fingerprint density at radius 1 is 0.692 bits per heavy atom. The van der Waals surface area contributed by atoms with Crippen LogP contribution >= 0.6 is 0 Å². The van der Waals surface area contributed by atoms with Crippen LogP contribution in [0.3, 0.4) is 0 Å². The first-order chi connectivity index (χ1) is 12.7. The molecule has 0 aliphatic carbocycles. The molecular weight excluding hydrogens is 332 g/mol. The van der Waals surface area contributed by atoms with E-state index in [4.69, 9.17) is 14.2 Å². The predicted molar refractivity (Wildman–Crippen MR) is 101 cm³/mol. The highest BCUT2D eigenvalue weighted by atomic mass is 16.6. The normalized spacial score (nSPS) is 10.5. The molecule has 1 aromatic rings. The van der Waals surface area contributed by atoms with Crippen molar-refractivity contribution >= 4 is 11.9 Å². The van der Waals surface area contributed by atoms with Crippen LogP contribution in [0, 0.1) is 0 Å². The summed E-state index contributed by atoms with van der Waals surface area (Å²) in [5.41, 5.74) is 0.846. The summed E-state index contributed by atoms with van der Waals surface area (Å²) in [4.78, 5) is 23.8. The first kappa shape index (κ1) is 22.2. The summed E-state index contributed by atoms with van der Waals surface area (Å²) >= 11 is 0. The number of hydrogen-bond acceptors (Lipinski definition) is 5. The van der Waals surface area contributed by atoms with E-state index in [0.29, 0.717) is 24.3 Å². The van der Waals surface area contributed by atoms with Gasteiger partial charge in [0.2, 0.25) is 0 Å². The fourth-order valence-electron chi connectivity index (χ4n) is 2.53. The molecule has 0 N–H and O–H groups in total. The van der Waals surface area contributed by atoms with Gasteiger partial charge in [-0.3, -0.25) is 0 Å². The Bertz CT molecular complexity index is 510. The van der Waals surface area contributed by atoms with Gasteiger partial charge in [-0.15, -0.1) is 0 Å². The number of hydrogen-bond donors (Lipinski definition) is 0. The molecule has 0 amide bonds. The summed E-state index contributed by atoms with van der Waals surface area (Å²) < 4.78 is 15.1. The lowest BCUT2D eigenvalue weighted by molar-refractivity contribution is 0.0386. The van der Waals surface area contributed by atoms with E-state index in [2.05, 4.69) is 6.92 Å². The van der Waals surface area contributed by atoms with Crippen LogP contribution in [-0.2, 0) is 14.2 Å². The van der Waals surface area contributed by atoms with E-state index in [9.17, 15) is 9.59 Å². The van der Waals surface area contributed by atoms with Crippen molar-refractivity contribution in [2.45, 2.75) is 58.3 Å². The molecule has 0 saturated carbocycles. The minimum atomic E-state index is -0.430. The molecule has 0 aliphatic heterocycles. The third-order valence-corrected chi connectivity index (χ3v) is 4.11.